The summed E-state index contributed by atoms with van der Waals surface area (Å²) in [5, 5.41) is 0. The summed E-state index contributed by atoms with van der Waals surface area (Å²) in [6, 6.07) is 24.1. The number of rotatable bonds is 2. The third-order valence-electron chi connectivity index (χ3n) is 3.10. The van der Waals surface area contributed by atoms with Crippen LogP contribution in [0.1, 0.15) is 0 Å². The Hall–Kier alpha value is -2.79. The van der Waals surface area contributed by atoms with Gasteiger partial charge >= 0.3 is 0 Å². The number of nitrogens with two attached hydrogens (primary N) is 2. The maximum absolute atomic E-state index is 12.0. The lowest BCUT2D eigenvalue weighted by atomic mass is 10.3. The Kier molecular flexibility index (Phi) is 5.38. The average molecular weight is 326 g/mol. The Morgan fingerprint density at radius 1 is 0.522 bits per heavy atom. The summed E-state index contributed by atoms with van der Waals surface area (Å²) in [5.74, 6) is 0. The van der Waals surface area contributed by atoms with Crippen molar-refractivity contribution in [1.82, 2.24) is 0 Å². The van der Waals surface area contributed by atoms with Crippen molar-refractivity contribution in [3.05, 3.63) is 84.9 Å². The molecule has 0 atom stereocenters. The van der Waals surface area contributed by atoms with Crippen molar-refractivity contribution in [2.75, 3.05) is 11.5 Å². The van der Waals surface area contributed by atoms with E-state index in [1.165, 1.54) is 0 Å². The number of nitrogen functional groups attached to an aromatic ring is 2. The van der Waals surface area contributed by atoms with Gasteiger partial charge in [-0.25, -0.2) is 8.42 Å². The van der Waals surface area contributed by atoms with Gasteiger partial charge in [0.15, 0.2) is 0 Å². The molecule has 3 aromatic carbocycles. The van der Waals surface area contributed by atoms with E-state index in [-0.39, 0.29) is 0 Å². The minimum atomic E-state index is -3.34. The van der Waals surface area contributed by atoms with Gasteiger partial charge in [-0.2, -0.15) is 0 Å². The van der Waals surface area contributed by atoms with Gasteiger partial charge in [0.25, 0.3) is 0 Å². The monoisotopic (exact) mass is 326 g/mol. The molecule has 0 spiro atoms. The maximum atomic E-state index is 12.0. The van der Waals surface area contributed by atoms with Crippen molar-refractivity contribution in [3.8, 4) is 0 Å². The van der Waals surface area contributed by atoms with Crippen LogP contribution in [0.2, 0.25) is 0 Å². The van der Waals surface area contributed by atoms with Crippen LogP contribution in [0.3, 0.4) is 0 Å². The molecule has 23 heavy (non-hydrogen) atoms. The van der Waals surface area contributed by atoms with Gasteiger partial charge in [0, 0.05) is 0 Å². The van der Waals surface area contributed by atoms with E-state index in [0.29, 0.717) is 21.2 Å². The first-order valence-corrected chi connectivity index (χ1v) is 8.45. The minimum absolute atomic E-state index is 0.330. The molecule has 0 saturated carbocycles. The molecule has 0 amide bonds. The molecule has 0 aliphatic heterocycles. The molecule has 4 N–H and O–H groups in total. The number of hydrogen-bond acceptors (Lipinski definition) is 4. The highest BCUT2D eigenvalue weighted by Crippen LogP contribution is 2.19. The zero-order chi connectivity index (χ0) is 16.7. The standard InChI is InChI=1S/C12H10O2S.C6H8N2/c13-15(14,11-7-3-1-4-8-11)12-9-5-2-6-10-12;7-5-3-1-2-4-6(5)8/h1-10H;1-4H,7-8H2. The van der Waals surface area contributed by atoms with Crippen LogP contribution in [0.4, 0.5) is 11.4 Å². The van der Waals surface area contributed by atoms with Gasteiger partial charge in [0.2, 0.25) is 9.84 Å². The van der Waals surface area contributed by atoms with E-state index in [1.54, 1.807) is 72.8 Å². The van der Waals surface area contributed by atoms with Gasteiger partial charge in [-0.1, -0.05) is 48.5 Å². The first-order chi connectivity index (χ1) is 11.0. The van der Waals surface area contributed by atoms with Gasteiger partial charge in [0.1, 0.15) is 0 Å². The minimum Gasteiger partial charge on any atom is -0.397 e. The van der Waals surface area contributed by atoms with Crippen LogP contribution in [-0.2, 0) is 9.84 Å². The zero-order valence-electron chi connectivity index (χ0n) is 12.5. The van der Waals surface area contributed by atoms with Crippen LogP contribution >= 0.6 is 0 Å². The second-order valence-corrected chi connectivity index (χ2v) is 6.71. The van der Waals surface area contributed by atoms with Gasteiger partial charge in [-0.05, 0) is 36.4 Å². The van der Waals surface area contributed by atoms with Crippen molar-refractivity contribution >= 4 is 21.2 Å². The lowest BCUT2D eigenvalue weighted by Crippen LogP contribution is -2.00. The third-order valence-corrected chi connectivity index (χ3v) is 4.89. The summed E-state index contributed by atoms with van der Waals surface area (Å²) >= 11 is 0. The molecule has 0 fully saturated rings. The quantitative estimate of drug-likeness (QED) is 0.707. The van der Waals surface area contributed by atoms with Gasteiger partial charge < -0.3 is 11.5 Å². The molecule has 3 rings (SSSR count). The highest BCUT2D eigenvalue weighted by atomic mass is 32.2. The van der Waals surface area contributed by atoms with Crippen molar-refractivity contribution in [3.63, 3.8) is 0 Å². The Bertz CT molecular complexity index is 782. The van der Waals surface area contributed by atoms with Crippen LogP contribution in [0, 0.1) is 0 Å². The number of para-hydroxylation sites is 2. The molecule has 3 aromatic rings. The second kappa shape index (κ2) is 7.47. The first kappa shape index (κ1) is 16.6. The smallest absolute Gasteiger partial charge is 0.206 e. The van der Waals surface area contributed by atoms with Crippen molar-refractivity contribution < 1.29 is 8.42 Å². The van der Waals surface area contributed by atoms with E-state index in [9.17, 15) is 8.42 Å². The second-order valence-electron chi connectivity index (χ2n) is 4.76. The third kappa shape index (κ3) is 4.34. The fourth-order valence-electron chi connectivity index (χ4n) is 1.85. The van der Waals surface area contributed by atoms with Crippen molar-refractivity contribution in [2.45, 2.75) is 9.79 Å². The molecule has 0 aromatic heterocycles. The molecule has 0 radical (unpaired) electrons. The number of sulfone groups is 1. The fraction of sp³-hybridized carbons (Fsp3) is 0. The normalized spacial score (nSPS) is 10.4. The van der Waals surface area contributed by atoms with Crippen LogP contribution in [0.25, 0.3) is 0 Å². The van der Waals surface area contributed by atoms with Crippen molar-refractivity contribution in [2.24, 2.45) is 0 Å². The number of hydrogen-bond donors (Lipinski definition) is 2. The van der Waals surface area contributed by atoms with E-state index in [0.717, 1.165) is 0 Å². The highest BCUT2D eigenvalue weighted by molar-refractivity contribution is 7.91. The predicted octanol–water partition coefficient (Wildman–Crippen LogP) is 3.37. The Morgan fingerprint density at radius 2 is 0.826 bits per heavy atom. The Morgan fingerprint density at radius 3 is 1.13 bits per heavy atom. The number of benzene rings is 3. The summed E-state index contributed by atoms with van der Waals surface area (Å²) < 4.78 is 24.1. The molecule has 0 saturated heterocycles. The molecule has 4 nitrogen and oxygen atoms in total. The maximum Gasteiger partial charge on any atom is 0.206 e. The fourth-order valence-corrected chi connectivity index (χ4v) is 3.15. The van der Waals surface area contributed by atoms with E-state index in [2.05, 4.69) is 0 Å². The first-order valence-electron chi connectivity index (χ1n) is 6.97. The Labute approximate surface area is 136 Å². The van der Waals surface area contributed by atoms with Crippen molar-refractivity contribution in [1.29, 1.82) is 0 Å². The largest absolute Gasteiger partial charge is 0.397 e. The Balaban J connectivity index is 0.000000203. The summed E-state index contributed by atoms with van der Waals surface area (Å²) in [6.45, 7) is 0. The van der Waals surface area contributed by atoms with Gasteiger partial charge in [0.05, 0.1) is 21.2 Å². The van der Waals surface area contributed by atoms with Crippen LogP contribution in [-0.4, -0.2) is 8.42 Å². The van der Waals surface area contributed by atoms with Gasteiger partial charge in [-0.3, -0.25) is 0 Å². The number of anilines is 2. The molecule has 118 valence electrons. The molecular formula is C18H18N2O2S. The molecule has 0 heterocycles. The van der Waals surface area contributed by atoms with E-state index >= 15 is 0 Å². The molecule has 5 heteroatoms. The van der Waals surface area contributed by atoms with Crippen LogP contribution in [0.15, 0.2) is 94.7 Å². The van der Waals surface area contributed by atoms with E-state index in [1.807, 2.05) is 12.1 Å². The van der Waals surface area contributed by atoms with Crippen LogP contribution < -0.4 is 11.5 Å². The predicted molar refractivity (Wildman–Crippen MR) is 93.6 cm³/mol. The summed E-state index contributed by atoms with van der Waals surface area (Å²) in [6.07, 6.45) is 0. The topological polar surface area (TPSA) is 86.2 Å². The zero-order valence-corrected chi connectivity index (χ0v) is 13.3. The molecule has 0 unspecified atom stereocenters. The molecular weight excluding hydrogens is 308 g/mol. The van der Waals surface area contributed by atoms with Gasteiger partial charge in [-0.15, -0.1) is 0 Å². The van der Waals surface area contributed by atoms with E-state index < -0.39 is 9.84 Å². The molecule has 0 aliphatic carbocycles. The summed E-state index contributed by atoms with van der Waals surface area (Å²) in [7, 11) is -3.34. The van der Waals surface area contributed by atoms with Crippen LogP contribution in [0.5, 0.6) is 0 Å². The lowest BCUT2D eigenvalue weighted by molar-refractivity contribution is 0.596. The summed E-state index contributed by atoms with van der Waals surface area (Å²) in [4.78, 5) is 0.660. The SMILES string of the molecule is Nc1ccccc1N.O=S(=O)(c1ccccc1)c1ccccc1. The molecule has 0 bridgehead atoms. The average Bonchev–Trinajstić information content (AvgIpc) is 2.60. The molecule has 0 aliphatic rings. The highest BCUT2D eigenvalue weighted by Gasteiger charge is 2.15. The lowest BCUT2D eigenvalue weighted by Gasteiger charge is -2.03. The summed E-state index contributed by atoms with van der Waals surface area (Å²) in [5.41, 5.74) is 12.1. The van der Waals surface area contributed by atoms with E-state index in [4.69, 9.17) is 11.5 Å².